The zero-order valence-electron chi connectivity index (χ0n) is 9.78. The van der Waals surface area contributed by atoms with Gasteiger partial charge < -0.3 is 0 Å². The van der Waals surface area contributed by atoms with Crippen molar-refractivity contribution in [2.24, 2.45) is 0 Å². The molecule has 0 fully saturated rings. The van der Waals surface area contributed by atoms with Crippen molar-refractivity contribution >= 4 is 10.8 Å². The molecule has 0 N–H and O–H groups in total. The first-order chi connectivity index (χ1) is 7.70. The third-order valence-corrected chi connectivity index (χ3v) is 2.45. The zero-order chi connectivity index (χ0) is 12.0. The van der Waals surface area contributed by atoms with Crippen molar-refractivity contribution < 1.29 is 4.39 Å². The van der Waals surface area contributed by atoms with Crippen LogP contribution >= 0.6 is 0 Å². The average molecular weight is 216 g/mol. The molecule has 2 aromatic carbocycles. The van der Waals surface area contributed by atoms with Gasteiger partial charge >= 0.3 is 0 Å². The van der Waals surface area contributed by atoms with Gasteiger partial charge in [0.05, 0.1) is 6.33 Å². The van der Waals surface area contributed by atoms with E-state index in [0.29, 0.717) is 5.92 Å². The minimum Gasteiger partial charge on any atom is -0.216 e. The highest BCUT2D eigenvalue weighted by molar-refractivity contribution is 5.86. The molecule has 0 bridgehead atoms. The van der Waals surface area contributed by atoms with E-state index >= 15 is 0 Å². The highest BCUT2D eigenvalue weighted by Gasteiger charge is 2.02. The van der Waals surface area contributed by atoms with Gasteiger partial charge in [0.15, 0.2) is 0 Å². The first-order valence-corrected chi connectivity index (χ1v) is 5.39. The van der Waals surface area contributed by atoms with Crippen LogP contribution in [0, 0.1) is 0 Å². The van der Waals surface area contributed by atoms with Gasteiger partial charge in [0.1, 0.15) is 0 Å². The summed E-state index contributed by atoms with van der Waals surface area (Å²) >= 11 is 0. The lowest BCUT2D eigenvalue weighted by Crippen LogP contribution is -1.88. The Balaban J connectivity index is 0.000000386. The number of hydrogen-bond acceptors (Lipinski definition) is 0. The highest BCUT2D eigenvalue weighted by Crippen LogP contribution is 2.24. The van der Waals surface area contributed by atoms with Crippen LogP contribution in [0.4, 0.5) is 4.39 Å². The zero-order valence-corrected chi connectivity index (χ0v) is 9.78. The maximum Gasteiger partial charge on any atom is 0.0795 e. The molecule has 16 heavy (non-hydrogen) atoms. The van der Waals surface area contributed by atoms with Crippen molar-refractivity contribution in [3.8, 4) is 0 Å². The van der Waals surface area contributed by atoms with Gasteiger partial charge in [-0.3, -0.25) is 0 Å². The predicted octanol–water partition coefficient (Wildman–Crippen LogP) is 5.06. The molecule has 2 aromatic rings. The van der Waals surface area contributed by atoms with E-state index in [4.69, 9.17) is 0 Å². The highest BCUT2D eigenvalue weighted by atomic mass is 19.1. The van der Waals surface area contributed by atoms with Crippen molar-refractivity contribution in [3.63, 3.8) is 0 Å². The topological polar surface area (TPSA) is 0 Å². The van der Waals surface area contributed by atoms with Crippen molar-refractivity contribution in [1.29, 1.82) is 0 Å². The van der Waals surface area contributed by atoms with Gasteiger partial charge in [-0.1, -0.05) is 62.9 Å². The van der Waals surface area contributed by atoms with Crippen LogP contribution in [0.15, 0.2) is 55.4 Å². The Kier molecular flexibility index (Phi) is 4.71. The number of hydrogen-bond donors (Lipinski definition) is 0. The number of halogens is 1. The largest absolute Gasteiger partial charge is 0.216 e. The minimum atomic E-state index is 0.250. The van der Waals surface area contributed by atoms with Gasteiger partial charge in [-0.05, 0) is 22.3 Å². The Bertz CT molecular complexity index is 452. The molecule has 2 rings (SSSR count). The summed E-state index contributed by atoms with van der Waals surface area (Å²) in [7, 11) is 0. The van der Waals surface area contributed by atoms with Crippen LogP contribution in [0.25, 0.3) is 10.8 Å². The van der Waals surface area contributed by atoms with Crippen LogP contribution in [-0.2, 0) is 0 Å². The Hall–Kier alpha value is -1.63. The summed E-state index contributed by atoms with van der Waals surface area (Å²) in [6.07, 6.45) is 0.250. The van der Waals surface area contributed by atoms with Crippen molar-refractivity contribution in [3.05, 3.63) is 60.9 Å². The van der Waals surface area contributed by atoms with Gasteiger partial charge in [0, 0.05) is 0 Å². The first kappa shape index (κ1) is 12.4. The van der Waals surface area contributed by atoms with Crippen LogP contribution in [-0.4, -0.2) is 0 Å². The maximum absolute atomic E-state index is 10.1. The third kappa shape index (κ3) is 2.93. The van der Waals surface area contributed by atoms with E-state index in [2.05, 4.69) is 62.9 Å². The Morgan fingerprint density at radius 1 is 1.06 bits per heavy atom. The van der Waals surface area contributed by atoms with E-state index in [0.717, 1.165) is 0 Å². The normalized spacial score (nSPS) is 9.75. The van der Waals surface area contributed by atoms with Crippen molar-refractivity contribution in [2.75, 3.05) is 0 Å². The third-order valence-electron chi connectivity index (χ3n) is 2.45. The van der Waals surface area contributed by atoms with Crippen LogP contribution in [0.1, 0.15) is 25.3 Å². The van der Waals surface area contributed by atoms with Gasteiger partial charge in [0.25, 0.3) is 0 Å². The summed E-state index contributed by atoms with van der Waals surface area (Å²) in [6.45, 7) is 7.17. The monoisotopic (exact) mass is 216 g/mol. The fraction of sp³-hybridized carbons (Fsp3) is 0.200. The van der Waals surface area contributed by atoms with E-state index in [1.165, 1.54) is 16.3 Å². The molecule has 0 aliphatic carbocycles. The summed E-state index contributed by atoms with van der Waals surface area (Å²) < 4.78 is 10.1. The molecule has 0 unspecified atom stereocenters. The second-order valence-electron chi connectivity index (χ2n) is 3.88. The van der Waals surface area contributed by atoms with Gasteiger partial charge in [-0.15, -0.1) is 0 Å². The molecule has 0 aliphatic rings. The molecule has 0 amide bonds. The lowest BCUT2D eigenvalue weighted by Gasteiger charge is -2.08. The summed E-state index contributed by atoms with van der Waals surface area (Å²) in [5.74, 6) is 0.603. The fourth-order valence-electron chi connectivity index (χ4n) is 1.75. The summed E-state index contributed by atoms with van der Waals surface area (Å²) in [6, 6.07) is 15.1. The average Bonchev–Trinajstić information content (AvgIpc) is 2.29. The Morgan fingerprint density at radius 2 is 1.62 bits per heavy atom. The van der Waals surface area contributed by atoms with Crippen molar-refractivity contribution in [1.82, 2.24) is 0 Å². The van der Waals surface area contributed by atoms with E-state index < -0.39 is 0 Å². The molecule has 0 saturated heterocycles. The van der Waals surface area contributed by atoms with Gasteiger partial charge in [0.2, 0.25) is 0 Å². The molecule has 0 aliphatic heterocycles. The molecule has 0 nitrogen and oxygen atoms in total. The summed E-state index contributed by atoms with van der Waals surface area (Å²) in [5.41, 5.74) is 1.44. The number of benzene rings is 2. The predicted molar refractivity (Wildman–Crippen MR) is 69.3 cm³/mol. The van der Waals surface area contributed by atoms with Crippen LogP contribution < -0.4 is 0 Å². The second-order valence-corrected chi connectivity index (χ2v) is 3.88. The maximum atomic E-state index is 10.1. The summed E-state index contributed by atoms with van der Waals surface area (Å²) in [4.78, 5) is 0. The smallest absolute Gasteiger partial charge is 0.0795 e. The van der Waals surface area contributed by atoms with Crippen LogP contribution in [0.3, 0.4) is 0 Å². The molecule has 1 heteroatoms. The van der Waals surface area contributed by atoms with Crippen LogP contribution in [0.2, 0.25) is 0 Å². The molecule has 0 atom stereocenters. The van der Waals surface area contributed by atoms with Gasteiger partial charge in [-0.25, -0.2) is 4.39 Å². The second kappa shape index (κ2) is 6.06. The molecule has 84 valence electrons. The Morgan fingerprint density at radius 3 is 2.25 bits per heavy atom. The van der Waals surface area contributed by atoms with Crippen LogP contribution in [0.5, 0.6) is 0 Å². The molecule has 0 radical (unpaired) electrons. The van der Waals surface area contributed by atoms with E-state index in [1.807, 2.05) is 0 Å². The van der Waals surface area contributed by atoms with Gasteiger partial charge in [-0.2, -0.15) is 0 Å². The SMILES string of the molecule is C=CF.CC(C)c1cccc2ccccc12. The molecule has 0 heterocycles. The number of fused-ring (bicyclic) bond motifs is 1. The van der Waals surface area contributed by atoms with Crippen molar-refractivity contribution in [2.45, 2.75) is 19.8 Å². The molecule has 0 spiro atoms. The quantitative estimate of drug-likeness (QED) is 0.624. The number of rotatable bonds is 1. The Labute approximate surface area is 96.4 Å². The van der Waals surface area contributed by atoms with E-state index in [-0.39, 0.29) is 6.33 Å². The standard InChI is InChI=1S/C13H14.C2H3F/c1-10(2)12-9-5-7-11-6-3-4-8-13(11)12;1-2-3/h3-10H,1-2H3;2H,1H2. The van der Waals surface area contributed by atoms with E-state index in [9.17, 15) is 4.39 Å². The lowest BCUT2D eigenvalue weighted by molar-refractivity contribution is 0.725. The molecule has 0 aromatic heterocycles. The minimum absolute atomic E-state index is 0.250. The molecule has 0 saturated carbocycles. The van der Waals surface area contributed by atoms with E-state index in [1.54, 1.807) is 0 Å². The summed E-state index contributed by atoms with van der Waals surface area (Å²) in [5, 5.41) is 2.73. The fourth-order valence-corrected chi connectivity index (χ4v) is 1.75. The first-order valence-electron chi connectivity index (χ1n) is 5.39. The molecular weight excluding hydrogens is 199 g/mol. The lowest BCUT2D eigenvalue weighted by atomic mass is 9.96. The molecular formula is C15H17F.